The number of carbonyl (C=O) groups is 3. The number of hydrogen-bond acceptors (Lipinski definition) is 12. The molecular formula is C36H54O12. The van der Waals surface area contributed by atoms with Crippen molar-refractivity contribution in [2.45, 2.75) is 147 Å². The SMILES string of the molecule is COC(=O)/C=C1\C[C@H]2O[C@@](O)(C1)[C@H](C)C(=O)O[C@H]1C[C@@H](C=C(C)C)O[C@@H](C[C@]3(O)O[C@H](CC[C@H]2O)[C@@H](C)[C@]2(O)CC[C@@H](C)C(=O)C32)[C@H]1C. The van der Waals surface area contributed by atoms with Crippen LogP contribution in [0.15, 0.2) is 23.3 Å². The summed E-state index contributed by atoms with van der Waals surface area (Å²) >= 11 is 0. The Bertz CT molecular complexity index is 1310. The molecule has 1 unspecified atom stereocenters. The van der Waals surface area contributed by atoms with Gasteiger partial charge in [-0.05, 0) is 52.9 Å². The second-order valence-electron chi connectivity index (χ2n) is 15.4. The van der Waals surface area contributed by atoms with Gasteiger partial charge in [0.15, 0.2) is 11.6 Å². The van der Waals surface area contributed by atoms with Crippen molar-refractivity contribution in [2.24, 2.45) is 29.6 Å². The Kier molecular flexibility index (Phi) is 10.7. The molecule has 0 radical (unpaired) electrons. The summed E-state index contributed by atoms with van der Waals surface area (Å²) in [7, 11) is 1.23. The van der Waals surface area contributed by atoms with Gasteiger partial charge in [-0.1, -0.05) is 38.0 Å². The normalized spacial score (nSPS) is 47.8. The van der Waals surface area contributed by atoms with E-state index in [1.165, 1.54) is 20.1 Å². The topological polar surface area (TPSA) is 178 Å². The molecule has 4 heterocycles. The van der Waals surface area contributed by atoms with E-state index in [9.17, 15) is 34.8 Å². The van der Waals surface area contributed by atoms with Crippen LogP contribution in [0, 0.1) is 29.6 Å². The fraction of sp³-hybridized carbons (Fsp3) is 0.806. The summed E-state index contributed by atoms with van der Waals surface area (Å²) in [5.41, 5.74) is -0.165. The second kappa shape index (κ2) is 13.8. The minimum atomic E-state index is -2.11. The minimum absolute atomic E-state index is 0.0717. The third-order valence-electron chi connectivity index (χ3n) is 11.7. The first-order valence-corrected chi connectivity index (χ1v) is 17.4. The summed E-state index contributed by atoms with van der Waals surface area (Å²) in [4.78, 5) is 39.8. The number of aliphatic hydroxyl groups is 4. The lowest BCUT2D eigenvalue weighted by Gasteiger charge is -2.58. The maximum absolute atomic E-state index is 13.8. The zero-order valence-electron chi connectivity index (χ0n) is 29.2. The van der Waals surface area contributed by atoms with Crippen LogP contribution in [0.4, 0.5) is 0 Å². The van der Waals surface area contributed by atoms with Gasteiger partial charge < -0.3 is 44.1 Å². The molecule has 12 heteroatoms. The Morgan fingerprint density at radius 2 is 1.62 bits per heavy atom. The highest BCUT2D eigenvalue weighted by Gasteiger charge is 2.65. The molecule has 6 bridgehead atoms. The lowest BCUT2D eigenvalue weighted by atomic mass is 9.58. The van der Waals surface area contributed by atoms with Crippen LogP contribution in [0.2, 0.25) is 0 Å². The van der Waals surface area contributed by atoms with Crippen molar-refractivity contribution >= 4 is 17.7 Å². The largest absolute Gasteiger partial charge is 0.466 e. The molecule has 48 heavy (non-hydrogen) atoms. The van der Waals surface area contributed by atoms with Crippen LogP contribution in [0.25, 0.3) is 0 Å². The summed E-state index contributed by atoms with van der Waals surface area (Å²) in [6, 6.07) is 0. The van der Waals surface area contributed by atoms with Gasteiger partial charge in [0.2, 0.25) is 0 Å². The number of aliphatic hydroxyl groups excluding tert-OH is 1. The quantitative estimate of drug-likeness (QED) is 0.191. The number of rotatable bonds is 2. The van der Waals surface area contributed by atoms with Gasteiger partial charge in [0.05, 0.1) is 43.2 Å². The maximum Gasteiger partial charge on any atom is 0.330 e. The molecule has 0 aromatic heterocycles. The van der Waals surface area contributed by atoms with E-state index in [4.69, 9.17) is 23.7 Å². The van der Waals surface area contributed by atoms with Crippen LogP contribution < -0.4 is 0 Å². The van der Waals surface area contributed by atoms with Crippen molar-refractivity contribution in [3.05, 3.63) is 23.3 Å². The number of esters is 2. The highest BCUT2D eigenvalue weighted by molar-refractivity contribution is 5.86. The zero-order valence-corrected chi connectivity index (χ0v) is 29.2. The average molecular weight is 679 g/mol. The third-order valence-corrected chi connectivity index (χ3v) is 11.7. The Labute approximate surface area is 282 Å². The summed E-state index contributed by atoms with van der Waals surface area (Å²) in [6.45, 7) is 10.8. The Morgan fingerprint density at radius 1 is 0.938 bits per heavy atom. The van der Waals surface area contributed by atoms with Gasteiger partial charge in [-0.3, -0.25) is 9.59 Å². The Morgan fingerprint density at radius 3 is 2.29 bits per heavy atom. The van der Waals surface area contributed by atoms with E-state index in [0.717, 1.165) is 5.57 Å². The van der Waals surface area contributed by atoms with E-state index in [1.807, 2.05) is 26.8 Å². The molecule has 0 spiro atoms. The van der Waals surface area contributed by atoms with E-state index in [-0.39, 0.29) is 50.2 Å². The lowest BCUT2D eigenvalue weighted by molar-refractivity contribution is -0.355. The second-order valence-corrected chi connectivity index (χ2v) is 15.4. The van der Waals surface area contributed by atoms with Crippen LogP contribution in [0.3, 0.4) is 0 Å². The lowest BCUT2D eigenvalue weighted by Crippen LogP contribution is -2.70. The van der Waals surface area contributed by atoms with Crippen LogP contribution in [0.5, 0.6) is 0 Å². The fourth-order valence-corrected chi connectivity index (χ4v) is 8.60. The maximum atomic E-state index is 13.8. The van der Waals surface area contributed by atoms with Gasteiger partial charge in [-0.25, -0.2) is 4.79 Å². The van der Waals surface area contributed by atoms with E-state index in [0.29, 0.717) is 18.4 Å². The number of carbonyl (C=O) groups excluding carboxylic acids is 3. The van der Waals surface area contributed by atoms with E-state index in [1.54, 1.807) is 13.8 Å². The van der Waals surface area contributed by atoms with E-state index in [2.05, 4.69) is 0 Å². The molecule has 0 amide bonds. The molecule has 5 aliphatic rings. The van der Waals surface area contributed by atoms with Gasteiger partial charge in [0.25, 0.3) is 0 Å². The Balaban J connectivity index is 1.59. The van der Waals surface area contributed by atoms with Gasteiger partial charge in [-0.15, -0.1) is 0 Å². The van der Waals surface area contributed by atoms with Crippen LogP contribution >= 0.6 is 0 Å². The van der Waals surface area contributed by atoms with Crippen molar-refractivity contribution in [3.63, 3.8) is 0 Å². The molecule has 5 fully saturated rings. The first-order valence-electron chi connectivity index (χ1n) is 17.4. The predicted molar refractivity (Wildman–Crippen MR) is 171 cm³/mol. The molecule has 12 nitrogen and oxygen atoms in total. The predicted octanol–water partition coefficient (Wildman–Crippen LogP) is 2.88. The number of Topliss-reactive ketones (excluding diaryl/α,β-unsaturated/α-hetero) is 1. The molecule has 1 saturated carbocycles. The molecule has 4 aliphatic heterocycles. The number of methoxy groups -OCH3 is 1. The standard InChI is InChI=1S/C36H54O12/c1-18(2)12-24-15-27-20(4)29(45-24)17-36(43)32-31(39)19(3)10-11-34(32,41)21(5)26(47-36)9-8-25(37)28-13-23(14-30(38)44-7)16-35(42,48-28)22(6)33(40)46-27/h12,14,19-22,24-29,32,37,41-43H,8-11,13,15-17H2,1-7H3/b23-14+/t19-,20+,21-,22-,24-,25-,26-,27+,28-,29+,32?,34-,35+,36+/m1/s1. The van der Waals surface area contributed by atoms with Crippen molar-refractivity contribution < 1.29 is 58.5 Å². The molecule has 5 rings (SSSR count). The number of fused-ring (bicyclic) bond motifs is 8. The van der Waals surface area contributed by atoms with E-state index < -0.39 is 89.4 Å². The molecule has 0 aromatic rings. The molecular weight excluding hydrogens is 624 g/mol. The number of allylic oxidation sites excluding steroid dienone is 1. The smallest absolute Gasteiger partial charge is 0.330 e. The third kappa shape index (κ3) is 7.04. The molecule has 270 valence electrons. The summed E-state index contributed by atoms with van der Waals surface area (Å²) in [5.74, 6) is -9.72. The fourth-order valence-electron chi connectivity index (χ4n) is 8.60. The molecule has 0 aromatic carbocycles. The van der Waals surface area contributed by atoms with Gasteiger partial charge >= 0.3 is 11.9 Å². The van der Waals surface area contributed by atoms with Crippen molar-refractivity contribution in [2.75, 3.05) is 7.11 Å². The molecule has 4 saturated heterocycles. The van der Waals surface area contributed by atoms with Gasteiger partial charge in [-0.2, -0.15) is 0 Å². The summed E-state index contributed by atoms with van der Waals surface area (Å²) in [5, 5.41) is 48.0. The first kappa shape index (κ1) is 37.1. The monoisotopic (exact) mass is 678 g/mol. The van der Waals surface area contributed by atoms with Crippen LogP contribution in [-0.2, 0) is 38.1 Å². The summed E-state index contributed by atoms with van der Waals surface area (Å²) in [6.07, 6.45) is -0.695. The highest BCUT2D eigenvalue weighted by atomic mass is 16.6. The molecule has 4 N–H and O–H groups in total. The number of hydrogen-bond donors (Lipinski definition) is 4. The van der Waals surface area contributed by atoms with Crippen LogP contribution in [-0.4, -0.2) is 99.1 Å². The van der Waals surface area contributed by atoms with Crippen molar-refractivity contribution in [1.82, 2.24) is 0 Å². The minimum Gasteiger partial charge on any atom is -0.466 e. The van der Waals surface area contributed by atoms with Crippen molar-refractivity contribution in [1.29, 1.82) is 0 Å². The zero-order chi connectivity index (χ0) is 35.3. The van der Waals surface area contributed by atoms with Crippen LogP contribution in [0.1, 0.15) is 92.9 Å². The highest BCUT2D eigenvalue weighted by Crippen LogP contribution is 2.54. The average Bonchev–Trinajstić information content (AvgIpc) is 3.01. The van der Waals surface area contributed by atoms with Crippen molar-refractivity contribution in [3.8, 4) is 0 Å². The first-order chi connectivity index (χ1) is 22.4. The van der Waals surface area contributed by atoms with Gasteiger partial charge in [0, 0.05) is 43.1 Å². The van der Waals surface area contributed by atoms with E-state index >= 15 is 0 Å². The number of ether oxygens (including phenoxy) is 5. The molecule has 14 atom stereocenters. The summed E-state index contributed by atoms with van der Waals surface area (Å²) < 4.78 is 30.0. The Hall–Kier alpha value is -2.19. The number of ketones is 1. The molecule has 1 aliphatic carbocycles. The van der Waals surface area contributed by atoms with Gasteiger partial charge in [0.1, 0.15) is 23.7 Å².